The maximum Gasteiger partial charge on any atom is 0.325 e. The summed E-state index contributed by atoms with van der Waals surface area (Å²) in [4.78, 5) is 39.8. The number of nitrogens with zero attached hydrogens (tertiary/aromatic N) is 2. The SMILES string of the molecule is CCN(CC)C(=O)CN1C(=O)NC2(CCCCC2C)C1=O. The zero-order valence-electron chi connectivity index (χ0n) is 13.1. The molecule has 2 unspecified atom stereocenters. The van der Waals surface area contributed by atoms with Gasteiger partial charge in [-0.2, -0.15) is 0 Å². The molecule has 1 heterocycles. The van der Waals surface area contributed by atoms with Crippen LogP contribution < -0.4 is 5.32 Å². The topological polar surface area (TPSA) is 69.7 Å². The van der Waals surface area contributed by atoms with Crippen molar-refractivity contribution >= 4 is 17.8 Å². The van der Waals surface area contributed by atoms with Gasteiger partial charge in [0.1, 0.15) is 12.1 Å². The first-order valence-corrected chi connectivity index (χ1v) is 7.88. The van der Waals surface area contributed by atoms with Gasteiger partial charge in [0, 0.05) is 13.1 Å². The number of hydrogen-bond donors (Lipinski definition) is 1. The Morgan fingerprint density at radius 2 is 2.00 bits per heavy atom. The smallest absolute Gasteiger partial charge is 0.325 e. The number of hydrogen-bond acceptors (Lipinski definition) is 3. The van der Waals surface area contributed by atoms with E-state index in [1.54, 1.807) is 4.90 Å². The Morgan fingerprint density at radius 1 is 1.33 bits per heavy atom. The van der Waals surface area contributed by atoms with Crippen LogP contribution in [0.4, 0.5) is 4.79 Å². The molecule has 1 spiro atoms. The normalized spacial score (nSPS) is 28.9. The van der Waals surface area contributed by atoms with Gasteiger partial charge in [0.25, 0.3) is 5.91 Å². The maximum absolute atomic E-state index is 12.7. The van der Waals surface area contributed by atoms with Crippen molar-refractivity contribution < 1.29 is 14.4 Å². The summed E-state index contributed by atoms with van der Waals surface area (Å²) in [7, 11) is 0. The van der Waals surface area contributed by atoms with Crippen LogP contribution in [0.3, 0.4) is 0 Å². The van der Waals surface area contributed by atoms with E-state index in [9.17, 15) is 14.4 Å². The predicted octanol–water partition coefficient (Wildman–Crippen LogP) is 1.36. The van der Waals surface area contributed by atoms with Crippen LogP contribution in [0.25, 0.3) is 0 Å². The van der Waals surface area contributed by atoms with Crippen molar-refractivity contribution in [2.24, 2.45) is 5.92 Å². The first-order valence-electron chi connectivity index (χ1n) is 7.88. The lowest BCUT2D eigenvalue weighted by Gasteiger charge is -2.36. The number of carbonyl (C=O) groups is 3. The Morgan fingerprint density at radius 3 is 2.57 bits per heavy atom. The molecular weight excluding hydrogens is 270 g/mol. The summed E-state index contributed by atoms with van der Waals surface area (Å²) in [5, 5.41) is 2.87. The number of carbonyl (C=O) groups excluding carboxylic acids is 3. The summed E-state index contributed by atoms with van der Waals surface area (Å²) < 4.78 is 0. The van der Waals surface area contributed by atoms with E-state index in [1.807, 2.05) is 20.8 Å². The summed E-state index contributed by atoms with van der Waals surface area (Å²) in [6.45, 7) is 6.80. The predicted molar refractivity (Wildman–Crippen MR) is 78.5 cm³/mol. The lowest BCUT2D eigenvalue weighted by atomic mass is 9.73. The van der Waals surface area contributed by atoms with E-state index in [0.29, 0.717) is 19.5 Å². The van der Waals surface area contributed by atoms with Crippen molar-refractivity contribution in [3.63, 3.8) is 0 Å². The van der Waals surface area contributed by atoms with E-state index in [1.165, 1.54) is 0 Å². The van der Waals surface area contributed by atoms with Crippen molar-refractivity contribution in [3.05, 3.63) is 0 Å². The van der Waals surface area contributed by atoms with Crippen LogP contribution in [0, 0.1) is 5.92 Å². The van der Waals surface area contributed by atoms with Crippen molar-refractivity contribution in [3.8, 4) is 0 Å². The molecule has 0 aromatic rings. The third kappa shape index (κ3) is 2.63. The minimum Gasteiger partial charge on any atom is -0.342 e. The van der Waals surface area contributed by atoms with E-state index in [-0.39, 0.29) is 24.3 Å². The molecule has 0 aromatic carbocycles. The summed E-state index contributed by atoms with van der Waals surface area (Å²) >= 11 is 0. The third-order valence-electron chi connectivity index (χ3n) is 4.91. The molecule has 1 aliphatic heterocycles. The monoisotopic (exact) mass is 295 g/mol. The standard InChI is InChI=1S/C15H25N3O3/c1-4-17(5-2)12(19)10-18-13(20)15(16-14(18)21)9-7-6-8-11(15)3/h11H,4-10H2,1-3H3,(H,16,21). The molecule has 2 atom stereocenters. The number of imide groups is 1. The summed E-state index contributed by atoms with van der Waals surface area (Å²) in [6, 6.07) is -0.422. The zero-order chi connectivity index (χ0) is 15.6. The molecule has 2 fully saturated rings. The zero-order valence-corrected chi connectivity index (χ0v) is 13.1. The van der Waals surface area contributed by atoms with Gasteiger partial charge < -0.3 is 10.2 Å². The van der Waals surface area contributed by atoms with E-state index >= 15 is 0 Å². The first-order chi connectivity index (χ1) is 9.96. The summed E-state index contributed by atoms with van der Waals surface area (Å²) in [5.41, 5.74) is -0.779. The molecule has 1 aliphatic carbocycles. The molecule has 1 saturated heterocycles. The molecule has 2 rings (SSSR count). The van der Waals surface area contributed by atoms with E-state index in [4.69, 9.17) is 0 Å². The number of likely N-dealkylation sites (N-methyl/N-ethyl adjacent to an activating group) is 1. The molecule has 0 aromatic heterocycles. The molecule has 0 bridgehead atoms. The summed E-state index contributed by atoms with van der Waals surface area (Å²) in [6.07, 6.45) is 3.64. The highest BCUT2D eigenvalue weighted by atomic mass is 16.2. The Hall–Kier alpha value is -1.59. The average molecular weight is 295 g/mol. The molecule has 0 radical (unpaired) electrons. The van der Waals surface area contributed by atoms with Crippen molar-refractivity contribution in [1.82, 2.24) is 15.1 Å². The van der Waals surface area contributed by atoms with E-state index in [0.717, 1.165) is 24.2 Å². The highest BCUT2D eigenvalue weighted by molar-refractivity contribution is 6.09. The summed E-state index contributed by atoms with van der Waals surface area (Å²) in [5.74, 6) is -0.277. The van der Waals surface area contributed by atoms with Gasteiger partial charge in [0.2, 0.25) is 5.91 Å². The van der Waals surface area contributed by atoms with Gasteiger partial charge in [-0.15, -0.1) is 0 Å². The Balaban J connectivity index is 2.13. The van der Waals surface area contributed by atoms with Crippen LogP contribution in [0.5, 0.6) is 0 Å². The second kappa shape index (κ2) is 6.03. The molecule has 118 valence electrons. The number of nitrogens with one attached hydrogen (secondary N) is 1. The lowest BCUT2D eigenvalue weighted by molar-refractivity contribution is -0.140. The van der Waals surface area contributed by atoms with Crippen LogP contribution in [-0.4, -0.2) is 52.8 Å². The van der Waals surface area contributed by atoms with E-state index < -0.39 is 11.6 Å². The van der Waals surface area contributed by atoms with Crippen LogP contribution >= 0.6 is 0 Å². The highest BCUT2D eigenvalue weighted by Gasteiger charge is 2.55. The minimum absolute atomic E-state index is 0.122. The van der Waals surface area contributed by atoms with Crippen LogP contribution in [0.1, 0.15) is 46.5 Å². The number of urea groups is 1. The fourth-order valence-corrected chi connectivity index (χ4v) is 3.45. The van der Waals surface area contributed by atoms with Gasteiger partial charge in [-0.1, -0.05) is 19.8 Å². The van der Waals surface area contributed by atoms with Crippen molar-refractivity contribution in [1.29, 1.82) is 0 Å². The molecule has 6 nitrogen and oxygen atoms in total. The van der Waals surface area contributed by atoms with E-state index in [2.05, 4.69) is 5.32 Å². The quantitative estimate of drug-likeness (QED) is 0.796. The largest absolute Gasteiger partial charge is 0.342 e. The van der Waals surface area contributed by atoms with Crippen molar-refractivity contribution in [2.75, 3.05) is 19.6 Å². The molecular formula is C15H25N3O3. The molecule has 21 heavy (non-hydrogen) atoms. The minimum atomic E-state index is -0.779. The molecule has 1 saturated carbocycles. The second-order valence-corrected chi connectivity index (χ2v) is 6.01. The van der Waals surface area contributed by atoms with Crippen LogP contribution in [0.15, 0.2) is 0 Å². The van der Waals surface area contributed by atoms with Crippen LogP contribution in [-0.2, 0) is 9.59 Å². The highest BCUT2D eigenvalue weighted by Crippen LogP contribution is 2.38. The third-order valence-corrected chi connectivity index (χ3v) is 4.91. The number of rotatable bonds is 4. The molecule has 2 aliphatic rings. The van der Waals surface area contributed by atoms with Crippen molar-refractivity contribution in [2.45, 2.75) is 52.0 Å². The van der Waals surface area contributed by atoms with Gasteiger partial charge >= 0.3 is 6.03 Å². The molecule has 1 N–H and O–H groups in total. The van der Waals surface area contributed by atoms with Gasteiger partial charge in [0.15, 0.2) is 0 Å². The average Bonchev–Trinajstić information content (AvgIpc) is 2.69. The second-order valence-electron chi connectivity index (χ2n) is 6.01. The van der Waals surface area contributed by atoms with Gasteiger partial charge in [-0.25, -0.2) is 4.79 Å². The van der Waals surface area contributed by atoms with Crippen LogP contribution in [0.2, 0.25) is 0 Å². The van der Waals surface area contributed by atoms with Gasteiger partial charge in [-0.3, -0.25) is 14.5 Å². The van der Waals surface area contributed by atoms with Gasteiger partial charge in [-0.05, 0) is 32.6 Å². The maximum atomic E-state index is 12.7. The fraction of sp³-hybridized carbons (Fsp3) is 0.800. The Bertz CT molecular complexity index is 447. The number of amides is 4. The Kier molecular flexibility index (Phi) is 4.54. The van der Waals surface area contributed by atoms with Gasteiger partial charge in [0.05, 0.1) is 0 Å². The molecule has 4 amide bonds. The lowest BCUT2D eigenvalue weighted by Crippen LogP contribution is -2.54. The molecule has 6 heteroatoms. The Labute approximate surface area is 125 Å². The fourth-order valence-electron chi connectivity index (χ4n) is 3.45. The first kappa shape index (κ1) is 15.8.